The van der Waals surface area contributed by atoms with Gasteiger partial charge in [0.25, 0.3) is 5.91 Å². The SMILES string of the molecule is C=CCNC(=O)c1ccc(Nc2cc(C)ccc2OC)nn1. The molecule has 6 nitrogen and oxygen atoms in total. The third-order valence-electron chi connectivity index (χ3n) is 2.92. The summed E-state index contributed by atoms with van der Waals surface area (Å²) in [6, 6.07) is 9.09. The van der Waals surface area contributed by atoms with E-state index in [-0.39, 0.29) is 11.6 Å². The van der Waals surface area contributed by atoms with Crippen molar-refractivity contribution in [3.05, 3.63) is 54.2 Å². The molecule has 2 N–H and O–H groups in total. The predicted molar refractivity (Wildman–Crippen MR) is 85.6 cm³/mol. The smallest absolute Gasteiger partial charge is 0.272 e. The maximum Gasteiger partial charge on any atom is 0.272 e. The number of carbonyl (C=O) groups is 1. The van der Waals surface area contributed by atoms with Gasteiger partial charge in [-0.05, 0) is 36.8 Å². The Morgan fingerprint density at radius 1 is 1.32 bits per heavy atom. The van der Waals surface area contributed by atoms with Crippen molar-refractivity contribution in [2.75, 3.05) is 19.0 Å². The van der Waals surface area contributed by atoms with Crippen LogP contribution in [0.5, 0.6) is 5.75 Å². The van der Waals surface area contributed by atoms with Gasteiger partial charge in [-0.2, -0.15) is 0 Å². The molecular weight excluding hydrogens is 280 g/mol. The molecule has 1 heterocycles. The van der Waals surface area contributed by atoms with Crippen LogP contribution < -0.4 is 15.4 Å². The van der Waals surface area contributed by atoms with Crippen LogP contribution in [0.2, 0.25) is 0 Å². The molecule has 1 amide bonds. The van der Waals surface area contributed by atoms with E-state index in [9.17, 15) is 4.79 Å². The first-order valence-corrected chi connectivity index (χ1v) is 6.78. The molecule has 0 bridgehead atoms. The van der Waals surface area contributed by atoms with Gasteiger partial charge in [-0.25, -0.2) is 0 Å². The highest BCUT2D eigenvalue weighted by atomic mass is 16.5. The summed E-state index contributed by atoms with van der Waals surface area (Å²) < 4.78 is 5.29. The third-order valence-corrected chi connectivity index (χ3v) is 2.92. The Morgan fingerprint density at radius 2 is 2.14 bits per heavy atom. The molecule has 0 radical (unpaired) electrons. The van der Waals surface area contributed by atoms with E-state index in [1.165, 1.54) is 0 Å². The standard InChI is InChI=1S/C16H18N4O2/c1-4-9-17-16(21)12-6-8-15(20-19-12)18-13-10-11(2)5-7-14(13)22-3/h4-8,10H,1,9H2,2-3H3,(H,17,21)(H,18,20). The fraction of sp³-hybridized carbons (Fsp3) is 0.188. The Labute approximate surface area is 129 Å². The maximum absolute atomic E-state index is 11.7. The van der Waals surface area contributed by atoms with Crippen molar-refractivity contribution in [1.29, 1.82) is 0 Å². The average molecular weight is 298 g/mol. The van der Waals surface area contributed by atoms with E-state index >= 15 is 0 Å². The average Bonchev–Trinajstić information content (AvgIpc) is 2.53. The fourth-order valence-electron chi connectivity index (χ4n) is 1.83. The summed E-state index contributed by atoms with van der Waals surface area (Å²) >= 11 is 0. The van der Waals surface area contributed by atoms with Gasteiger partial charge in [0.1, 0.15) is 5.75 Å². The molecule has 2 rings (SSSR count). The van der Waals surface area contributed by atoms with E-state index < -0.39 is 0 Å². The lowest BCUT2D eigenvalue weighted by Gasteiger charge is -2.11. The quantitative estimate of drug-likeness (QED) is 0.801. The number of nitrogens with zero attached hydrogens (tertiary/aromatic N) is 2. The number of carbonyl (C=O) groups excluding carboxylic acids is 1. The molecule has 0 saturated carbocycles. The van der Waals surface area contributed by atoms with Crippen LogP contribution in [0.15, 0.2) is 43.0 Å². The summed E-state index contributed by atoms with van der Waals surface area (Å²) in [5, 5.41) is 13.7. The lowest BCUT2D eigenvalue weighted by atomic mass is 10.2. The van der Waals surface area contributed by atoms with Gasteiger partial charge in [-0.3, -0.25) is 4.79 Å². The number of amides is 1. The second kappa shape index (κ2) is 7.21. The molecule has 22 heavy (non-hydrogen) atoms. The summed E-state index contributed by atoms with van der Waals surface area (Å²) in [6.07, 6.45) is 1.60. The molecule has 114 valence electrons. The monoisotopic (exact) mass is 298 g/mol. The first kappa shape index (κ1) is 15.5. The number of hydrogen-bond donors (Lipinski definition) is 2. The summed E-state index contributed by atoms with van der Waals surface area (Å²) in [5.74, 6) is 0.955. The fourth-order valence-corrected chi connectivity index (χ4v) is 1.83. The molecule has 0 atom stereocenters. The lowest BCUT2D eigenvalue weighted by Crippen LogP contribution is -2.24. The second-order valence-corrected chi connectivity index (χ2v) is 4.63. The van der Waals surface area contributed by atoms with E-state index in [2.05, 4.69) is 27.4 Å². The maximum atomic E-state index is 11.7. The van der Waals surface area contributed by atoms with Crippen LogP contribution in [0.25, 0.3) is 0 Å². The molecule has 0 fully saturated rings. The van der Waals surface area contributed by atoms with Gasteiger partial charge in [0.05, 0.1) is 12.8 Å². The van der Waals surface area contributed by atoms with Gasteiger partial charge in [-0.15, -0.1) is 16.8 Å². The Hall–Kier alpha value is -2.89. The lowest BCUT2D eigenvalue weighted by molar-refractivity contribution is 0.0952. The Balaban J connectivity index is 2.13. The molecule has 6 heteroatoms. The largest absolute Gasteiger partial charge is 0.495 e. The third kappa shape index (κ3) is 3.82. The summed E-state index contributed by atoms with van der Waals surface area (Å²) in [7, 11) is 1.61. The molecule has 0 aliphatic heterocycles. The molecule has 2 aromatic rings. The first-order valence-electron chi connectivity index (χ1n) is 6.78. The van der Waals surface area contributed by atoms with Crippen molar-refractivity contribution in [1.82, 2.24) is 15.5 Å². The first-order chi connectivity index (χ1) is 10.6. The normalized spacial score (nSPS) is 9.91. The van der Waals surface area contributed by atoms with Crippen molar-refractivity contribution in [2.24, 2.45) is 0 Å². The van der Waals surface area contributed by atoms with Gasteiger partial charge in [0, 0.05) is 6.54 Å². The van der Waals surface area contributed by atoms with Crippen molar-refractivity contribution in [2.45, 2.75) is 6.92 Å². The number of ether oxygens (including phenoxy) is 1. The van der Waals surface area contributed by atoms with E-state index in [4.69, 9.17) is 4.74 Å². The minimum atomic E-state index is -0.285. The van der Waals surface area contributed by atoms with E-state index in [0.29, 0.717) is 18.1 Å². The molecule has 0 unspecified atom stereocenters. The Kier molecular flexibility index (Phi) is 5.08. The van der Waals surface area contributed by atoms with Crippen LogP contribution in [0.3, 0.4) is 0 Å². The van der Waals surface area contributed by atoms with Crippen LogP contribution in [-0.4, -0.2) is 29.8 Å². The number of benzene rings is 1. The Morgan fingerprint density at radius 3 is 2.77 bits per heavy atom. The number of aryl methyl sites for hydroxylation is 1. The minimum absolute atomic E-state index is 0.253. The van der Waals surface area contributed by atoms with Gasteiger partial charge >= 0.3 is 0 Å². The highest BCUT2D eigenvalue weighted by molar-refractivity contribution is 5.92. The summed E-state index contributed by atoms with van der Waals surface area (Å²) in [4.78, 5) is 11.7. The van der Waals surface area contributed by atoms with Crippen LogP contribution in [0.4, 0.5) is 11.5 Å². The van der Waals surface area contributed by atoms with Crippen molar-refractivity contribution < 1.29 is 9.53 Å². The Bertz CT molecular complexity index is 668. The molecule has 0 spiro atoms. The highest BCUT2D eigenvalue weighted by Crippen LogP contribution is 2.27. The summed E-state index contributed by atoms with van der Waals surface area (Å²) in [5.41, 5.74) is 2.14. The molecular formula is C16H18N4O2. The van der Waals surface area contributed by atoms with E-state index in [1.807, 2.05) is 25.1 Å². The van der Waals surface area contributed by atoms with E-state index in [1.54, 1.807) is 25.3 Å². The number of hydrogen-bond acceptors (Lipinski definition) is 5. The summed E-state index contributed by atoms with van der Waals surface area (Å²) in [6.45, 7) is 5.92. The molecule has 0 aliphatic carbocycles. The van der Waals surface area contributed by atoms with E-state index in [0.717, 1.165) is 11.3 Å². The molecule has 0 saturated heterocycles. The van der Waals surface area contributed by atoms with Crippen molar-refractivity contribution in [3.63, 3.8) is 0 Å². The van der Waals surface area contributed by atoms with Gasteiger partial charge in [0.2, 0.25) is 0 Å². The number of nitrogens with one attached hydrogen (secondary N) is 2. The van der Waals surface area contributed by atoms with Crippen LogP contribution in [0, 0.1) is 6.92 Å². The second-order valence-electron chi connectivity index (χ2n) is 4.63. The van der Waals surface area contributed by atoms with Crippen molar-refractivity contribution in [3.8, 4) is 5.75 Å². The predicted octanol–water partition coefficient (Wildman–Crippen LogP) is 2.45. The van der Waals surface area contributed by atoms with Gasteiger partial charge in [-0.1, -0.05) is 12.1 Å². The number of methoxy groups -OCH3 is 1. The van der Waals surface area contributed by atoms with Crippen LogP contribution >= 0.6 is 0 Å². The molecule has 0 aliphatic rings. The minimum Gasteiger partial charge on any atom is -0.495 e. The molecule has 1 aromatic carbocycles. The van der Waals surface area contributed by atoms with Crippen LogP contribution in [-0.2, 0) is 0 Å². The van der Waals surface area contributed by atoms with Crippen LogP contribution in [0.1, 0.15) is 16.1 Å². The zero-order chi connectivity index (χ0) is 15.9. The van der Waals surface area contributed by atoms with Gasteiger partial charge in [0.15, 0.2) is 11.5 Å². The number of rotatable bonds is 6. The van der Waals surface area contributed by atoms with Crippen molar-refractivity contribution >= 4 is 17.4 Å². The topological polar surface area (TPSA) is 76.1 Å². The molecule has 1 aromatic heterocycles. The number of aromatic nitrogens is 2. The van der Waals surface area contributed by atoms with Gasteiger partial charge < -0.3 is 15.4 Å². The zero-order valence-electron chi connectivity index (χ0n) is 12.6. The highest BCUT2D eigenvalue weighted by Gasteiger charge is 2.08. The zero-order valence-corrected chi connectivity index (χ0v) is 12.6. The number of anilines is 2.